The van der Waals surface area contributed by atoms with Crippen LogP contribution in [0.2, 0.25) is 0 Å². The molecule has 0 aromatic carbocycles. The molecule has 6 rings (SSSR count). The summed E-state index contributed by atoms with van der Waals surface area (Å²) in [5, 5.41) is 10.6. The van der Waals surface area contributed by atoms with Gasteiger partial charge < -0.3 is 19.3 Å². The summed E-state index contributed by atoms with van der Waals surface area (Å²) in [5.74, 6) is -2.06. The van der Waals surface area contributed by atoms with Gasteiger partial charge in [-0.25, -0.2) is 8.78 Å². The Balaban J connectivity index is 1.42. The predicted molar refractivity (Wildman–Crippen MR) is 133 cm³/mol. The SMILES string of the molecule is CCC[C@@H]1O[C@@H]2C[C@H]3[C@@H]4C[C@H](F)C5=CC(=O)CC[C@]5(C)[C@@]4(F)[C@@H](O)C[C@]3(C)[C@]2(C(=O)SC2CCOC2=O)O1. The molecular formula is C28H36F2O7S. The van der Waals surface area contributed by atoms with Gasteiger partial charge in [-0.15, -0.1) is 0 Å². The van der Waals surface area contributed by atoms with Gasteiger partial charge in [0.1, 0.15) is 17.1 Å². The molecule has 0 aromatic rings. The summed E-state index contributed by atoms with van der Waals surface area (Å²) in [6.45, 7) is 5.71. The highest BCUT2D eigenvalue weighted by molar-refractivity contribution is 8.14. The van der Waals surface area contributed by atoms with E-state index in [9.17, 15) is 19.5 Å². The van der Waals surface area contributed by atoms with Crippen molar-refractivity contribution in [3.63, 3.8) is 0 Å². The molecule has 5 fully saturated rings. The number of allylic oxidation sites excluding steroid dienone is 1. The normalized spacial score (nSPS) is 51.5. The first kappa shape index (κ1) is 26.8. The second kappa shape index (κ2) is 8.82. The van der Waals surface area contributed by atoms with Gasteiger partial charge >= 0.3 is 5.97 Å². The monoisotopic (exact) mass is 554 g/mol. The van der Waals surface area contributed by atoms with E-state index in [0.29, 0.717) is 19.3 Å². The van der Waals surface area contributed by atoms with Gasteiger partial charge in [-0.1, -0.05) is 39.0 Å². The van der Waals surface area contributed by atoms with Crippen LogP contribution < -0.4 is 0 Å². The Bertz CT molecular complexity index is 1100. The largest absolute Gasteiger partial charge is 0.465 e. The minimum atomic E-state index is -2.17. The molecular weight excluding hydrogens is 518 g/mol. The fourth-order valence-electron chi connectivity index (χ4n) is 8.89. The van der Waals surface area contributed by atoms with Crippen LogP contribution in [0.15, 0.2) is 11.6 Å². The smallest absolute Gasteiger partial charge is 0.319 e. The van der Waals surface area contributed by atoms with Crippen LogP contribution in [0.4, 0.5) is 8.78 Å². The molecule has 2 heterocycles. The minimum absolute atomic E-state index is 0.0709. The van der Waals surface area contributed by atoms with Crippen molar-refractivity contribution < 1.29 is 42.5 Å². The Kier molecular flexibility index (Phi) is 6.23. The van der Waals surface area contributed by atoms with Gasteiger partial charge in [0, 0.05) is 29.6 Å². The topological polar surface area (TPSA) is 99.1 Å². The molecule has 210 valence electrons. The second-order valence-electron chi connectivity index (χ2n) is 12.5. The van der Waals surface area contributed by atoms with Crippen molar-refractivity contribution >= 4 is 28.6 Å². The third kappa shape index (κ3) is 3.26. The standard InChI is InChI=1S/C28H36F2O7S/c1-4-5-22-36-21-12-15-16-11-18(29)17-10-14(31)6-8-25(17,2)27(16,30)20(32)13-26(15,3)28(21,37-22)24(34)38-19-7-9-35-23(19)33/h10,15-16,18-22,32H,4-9,11-13H2,1-3H3/t15-,16-,18-,19?,20-,21+,22+,25-,26-,27-,28-/m0/s1. The summed E-state index contributed by atoms with van der Waals surface area (Å²) in [5.41, 5.74) is -5.90. The molecule has 0 aromatic heterocycles. The van der Waals surface area contributed by atoms with E-state index < -0.39 is 69.8 Å². The molecule has 2 saturated heterocycles. The molecule has 11 atom stereocenters. The predicted octanol–water partition coefficient (Wildman–Crippen LogP) is 3.99. The van der Waals surface area contributed by atoms with Crippen LogP contribution >= 0.6 is 11.8 Å². The Morgan fingerprint density at radius 3 is 2.68 bits per heavy atom. The van der Waals surface area contributed by atoms with Gasteiger partial charge in [0.15, 0.2) is 17.7 Å². The Hall–Kier alpha value is -1.36. The van der Waals surface area contributed by atoms with Gasteiger partial charge in [-0.05, 0) is 49.7 Å². The Labute approximate surface area is 225 Å². The molecule has 1 unspecified atom stereocenters. The highest BCUT2D eigenvalue weighted by Crippen LogP contribution is 2.73. The number of thioether (sulfide) groups is 1. The van der Waals surface area contributed by atoms with Crippen LogP contribution in [0.1, 0.15) is 72.1 Å². The molecule has 4 aliphatic carbocycles. The molecule has 2 aliphatic heterocycles. The van der Waals surface area contributed by atoms with Gasteiger partial charge in [0.05, 0.1) is 18.8 Å². The minimum Gasteiger partial charge on any atom is -0.465 e. The van der Waals surface area contributed by atoms with E-state index >= 15 is 8.78 Å². The lowest BCUT2D eigenvalue weighted by atomic mass is 9.43. The van der Waals surface area contributed by atoms with Crippen molar-refractivity contribution in [1.82, 2.24) is 0 Å². The van der Waals surface area contributed by atoms with E-state index in [-0.39, 0.29) is 48.8 Å². The molecule has 6 aliphatic rings. The Morgan fingerprint density at radius 2 is 2.00 bits per heavy atom. The van der Waals surface area contributed by atoms with Crippen molar-refractivity contribution in [2.24, 2.45) is 22.7 Å². The quantitative estimate of drug-likeness (QED) is 0.521. The van der Waals surface area contributed by atoms with E-state index in [1.54, 1.807) is 6.92 Å². The van der Waals surface area contributed by atoms with E-state index in [1.165, 1.54) is 6.08 Å². The number of cyclic esters (lactones) is 1. The Morgan fingerprint density at radius 1 is 1.24 bits per heavy atom. The van der Waals surface area contributed by atoms with E-state index in [1.807, 2.05) is 13.8 Å². The number of halogens is 2. The number of aliphatic hydroxyl groups is 1. The lowest BCUT2D eigenvalue weighted by Crippen LogP contribution is -2.71. The maximum Gasteiger partial charge on any atom is 0.319 e. The number of esters is 1. The van der Waals surface area contributed by atoms with Gasteiger partial charge in [0.2, 0.25) is 5.12 Å². The van der Waals surface area contributed by atoms with Crippen molar-refractivity contribution in [2.45, 2.75) is 113 Å². The number of aliphatic hydroxyl groups excluding tert-OH is 1. The number of ketones is 1. The molecule has 0 amide bonds. The van der Waals surface area contributed by atoms with E-state index in [4.69, 9.17) is 14.2 Å². The molecule has 0 radical (unpaired) electrons. The van der Waals surface area contributed by atoms with E-state index in [0.717, 1.165) is 18.2 Å². The second-order valence-corrected chi connectivity index (χ2v) is 13.7. The van der Waals surface area contributed by atoms with Crippen molar-refractivity contribution in [2.75, 3.05) is 6.61 Å². The maximum atomic E-state index is 17.5. The average molecular weight is 555 g/mol. The number of hydrogen-bond acceptors (Lipinski definition) is 8. The highest BCUT2D eigenvalue weighted by Gasteiger charge is 2.80. The van der Waals surface area contributed by atoms with Crippen LogP contribution in [0.3, 0.4) is 0 Å². The van der Waals surface area contributed by atoms with Gasteiger partial charge in [0.25, 0.3) is 0 Å². The zero-order chi connectivity index (χ0) is 27.3. The summed E-state index contributed by atoms with van der Waals surface area (Å²) in [6, 6.07) is 0. The number of ether oxygens (including phenoxy) is 3. The highest BCUT2D eigenvalue weighted by atomic mass is 32.2. The number of carbonyl (C=O) groups is 3. The summed E-state index contributed by atoms with van der Waals surface area (Å²) in [6.07, 6.45) is -1.09. The molecule has 3 saturated carbocycles. The first-order chi connectivity index (χ1) is 17.9. The molecule has 7 nitrogen and oxygen atoms in total. The van der Waals surface area contributed by atoms with Crippen molar-refractivity contribution in [3.8, 4) is 0 Å². The van der Waals surface area contributed by atoms with Crippen LogP contribution in [0, 0.1) is 22.7 Å². The molecule has 1 N–H and O–H groups in total. The zero-order valence-corrected chi connectivity index (χ0v) is 22.9. The van der Waals surface area contributed by atoms with Crippen LogP contribution in [-0.4, -0.2) is 69.8 Å². The lowest BCUT2D eigenvalue weighted by Gasteiger charge is -2.64. The third-order valence-corrected chi connectivity index (χ3v) is 12.0. The fraction of sp³-hybridized carbons (Fsp3) is 0.821. The number of fused-ring (bicyclic) bond motifs is 7. The summed E-state index contributed by atoms with van der Waals surface area (Å²) in [7, 11) is 0. The number of hydrogen-bond donors (Lipinski definition) is 1. The van der Waals surface area contributed by atoms with E-state index in [2.05, 4.69) is 0 Å². The summed E-state index contributed by atoms with van der Waals surface area (Å²) >= 11 is 0.888. The molecule has 0 bridgehead atoms. The number of rotatable bonds is 4. The molecule has 10 heteroatoms. The average Bonchev–Trinajstić information content (AvgIpc) is 3.50. The first-order valence-electron chi connectivity index (χ1n) is 13.9. The van der Waals surface area contributed by atoms with Gasteiger partial charge in [-0.3, -0.25) is 14.4 Å². The van der Waals surface area contributed by atoms with Crippen molar-refractivity contribution in [1.29, 1.82) is 0 Å². The zero-order valence-electron chi connectivity index (χ0n) is 22.0. The molecule has 38 heavy (non-hydrogen) atoms. The first-order valence-corrected chi connectivity index (χ1v) is 14.8. The summed E-state index contributed by atoms with van der Waals surface area (Å²) < 4.78 is 51.1. The van der Waals surface area contributed by atoms with Crippen LogP contribution in [-0.2, 0) is 28.6 Å². The maximum absolute atomic E-state index is 17.5. The third-order valence-electron chi connectivity index (χ3n) is 10.8. The van der Waals surface area contributed by atoms with Gasteiger partial charge in [-0.2, -0.15) is 0 Å². The van der Waals surface area contributed by atoms with Crippen LogP contribution in [0.5, 0.6) is 0 Å². The lowest BCUT2D eigenvalue weighted by molar-refractivity contribution is -0.240. The number of alkyl halides is 2. The summed E-state index contributed by atoms with van der Waals surface area (Å²) in [4.78, 5) is 38.5. The van der Waals surface area contributed by atoms with Crippen molar-refractivity contribution in [3.05, 3.63) is 11.6 Å². The number of carbonyl (C=O) groups excluding carboxylic acids is 3. The molecule has 0 spiro atoms. The fourth-order valence-corrected chi connectivity index (χ4v) is 10.1. The van der Waals surface area contributed by atoms with Crippen LogP contribution in [0.25, 0.3) is 0 Å².